The Kier molecular flexibility index (Phi) is 5.86. The molecule has 5 nitrogen and oxygen atoms in total. The number of benzene rings is 2. The van der Waals surface area contributed by atoms with E-state index in [-0.39, 0.29) is 16.7 Å². The van der Waals surface area contributed by atoms with Crippen LogP contribution in [0, 0.1) is 29.1 Å². The highest BCUT2D eigenvalue weighted by Crippen LogP contribution is 2.30. The second-order valence-electron chi connectivity index (χ2n) is 5.42. The quantitative estimate of drug-likeness (QED) is 0.205. The summed E-state index contributed by atoms with van der Waals surface area (Å²) in [5, 5.41) is 7.37. The van der Waals surface area contributed by atoms with Crippen molar-refractivity contribution in [1.29, 1.82) is 0 Å². The molecule has 3 rings (SSSR count). The number of nitrogens with zero attached hydrogens (tertiary/aromatic N) is 3. The van der Waals surface area contributed by atoms with Crippen molar-refractivity contribution in [1.82, 2.24) is 14.9 Å². The lowest BCUT2D eigenvalue weighted by molar-refractivity contribution is -0.0498. The third-order valence-corrected chi connectivity index (χ3v) is 4.62. The highest BCUT2D eigenvalue weighted by Gasteiger charge is 2.26. The van der Waals surface area contributed by atoms with Gasteiger partial charge in [0, 0.05) is 16.9 Å². The number of alkyl halides is 2. The second-order valence-corrected chi connectivity index (χ2v) is 6.36. The summed E-state index contributed by atoms with van der Waals surface area (Å²) in [5.74, 6) is -5.17. The minimum absolute atomic E-state index is 0.0634. The van der Waals surface area contributed by atoms with E-state index in [9.17, 15) is 30.7 Å². The number of nitrogen functional groups attached to an aromatic ring is 1. The van der Waals surface area contributed by atoms with Crippen LogP contribution in [0.15, 0.2) is 29.4 Å². The smallest absolute Gasteiger partial charge is 0.387 e. The predicted octanol–water partition coefficient (Wildman–Crippen LogP) is 4.25. The van der Waals surface area contributed by atoms with Gasteiger partial charge >= 0.3 is 6.61 Å². The molecule has 0 unspecified atom stereocenters. The standard InChI is InChI=1S/C16H9F7N4OS/c17-9-8(10(18)12(20)13(21)11(9)19)5-29-16-26-25-14(27(16)24)6-1-3-7(4-2-6)28-15(22)23/h1-4,15H,5,24H2. The molecule has 1 aromatic heterocycles. The topological polar surface area (TPSA) is 66.0 Å². The number of aromatic nitrogens is 3. The summed E-state index contributed by atoms with van der Waals surface area (Å²) in [5.41, 5.74) is -0.686. The van der Waals surface area contributed by atoms with Crippen molar-refractivity contribution >= 4 is 11.8 Å². The summed E-state index contributed by atoms with van der Waals surface area (Å²) in [7, 11) is 0. The Labute approximate surface area is 162 Å². The van der Waals surface area contributed by atoms with E-state index in [1.807, 2.05) is 0 Å². The van der Waals surface area contributed by atoms with Crippen LogP contribution >= 0.6 is 11.8 Å². The van der Waals surface area contributed by atoms with E-state index in [2.05, 4.69) is 14.9 Å². The summed E-state index contributed by atoms with van der Waals surface area (Å²) in [6, 6.07) is 5.20. The van der Waals surface area contributed by atoms with Gasteiger partial charge in [-0.3, -0.25) is 0 Å². The molecule has 29 heavy (non-hydrogen) atoms. The Balaban J connectivity index is 1.81. The lowest BCUT2D eigenvalue weighted by Gasteiger charge is -2.08. The van der Waals surface area contributed by atoms with Crippen LogP contribution in [0.25, 0.3) is 11.4 Å². The summed E-state index contributed by atoms with van der Waals surface area (Å²) >= 11 is 0.584. The van der Waals surface area contributed by atoms with E-state index >= 15 is 0 Å². The fourth-order valence-corrected chi connectivity index (χ4v) is 3.12. The van der Waals surface area contributed by atoms with E-state index in [1.54, 1.807) is 0 Å². The lowest BCUT2D eigenvalue weighted by atomic mass is 10.2. The van der Waals surface area contributed by atoms with E-state index in [0.717, 1.165) is 4.68 Å². The SMILES string of the molecule is Nn1c(SCc2c(F)c(F)c(F)c(F)c2F)nnc1-c1ccc(OC(F)F)cc1. The van der Waals surface area contributed by atoms with Crippen molar-refractivity contribution in [3.8, 4) is 17.1 Å². The number of halogens is 7. The van der Waals surface area contributed by atoms with Gasteiger partial charge in [0.1, 0.15) is 5.75 Å². The van der Waals surface area contributed by atoms with Crippen LogP contribution < -0.4 is 10.6 Å². The molecule has 0 saturated carbocycles. The minimum atomic E-state index is -3.00. The predicted molar refractivity (Wildman–Crippen MR) is 88.0 cm³/mol. The van der Waals surface area contributed by atoms with Gasteiger partial charge in [-0.2, -0.15) is 8.78 Å². The number of nitrogens with two attached hydrogens (primary N) is 1. The van der Waals surface area contributed by atoms with E-state index in [1.165, 1.54) is 24.3 Å². The fraction of sp³-hybridized carbons (Fsp3) is 0.125. The average Bonchev–Trinajstić information content (AvgIpc) is 3.05. The van der Waals surface area contributed by atoms with Crippen LogP contribution in [0.1, 0.15) is 5.56 Å². The molecular weight excluding hydrogens is 429 g/mol. The van der Waals surface area contributed by atoms with Gasteiger partial charge in [-0.05, 0) is 24.3 Å². The normalized spacial score (nSPS) is 11.3. The Morgan fingerprint density at radius 3 is 2.00 bits per heavy atom. The first-order valence-corrected chi connectivity index (χ1v) is 8.58. The maximum absolute atomic E-state index is 13.7. The molecule has 1 heterocycles. The maximum atomic E-state index is 13.7. The Morgan fingerprint density at radius 2 is 1.45 bits per heavy atom. The van der Waals surface area contributed by atoms with E-state index in [0.29, 0.717) is 17.3 Å². The summed E-state index contributed by atoms with van der Waals surface area (Å²) in [4.78, 5) is 0. The number of hydrogen-bond acceptors (Lipinski definition) is 5. The van der Waals surface area contributed by atoms with Gasteiger partial charge in [0.15, 0.2) is 29.1 Å². The van der Waals surface area contributed by atoms with Gasteiger partial charge in [0.25, 0.3) is 0 Å². The molecule has 0 saturated heterocycles. The van der Waals surface area contributed by atoms with Gasteiger partial charge in [-0.15, -0.1) is 10.2 Å². The van der Waals surface area contributed by atoms with Crippen molar-refractivity contribution in [3.63, 3.8) is 0 Å². The third-order valence-electron chi connectivity index (χ3n) is 3.65. The molecule has 0 aliphatic carbocycles. The molecule has 0 radical (unpaired) electrons. The third kappa shape index (κ3) is 4.09. The first-order chi connectivity index (χ1) is 13.7. The van der Waals surface area contributed by atoms with Crippen molar-refractivity contribution in [3.05, 3.63) is 58.9 Å². The molecule has 0 amide bonds. The van der Waals surface area contributed by atoms with Crippen LogP contribution in [-0.2, 0) is 5.75 Å². The van der Waals surface area contributed by atoms with Crippen molar-refractivity contribution in [2.75, 3.05) is 5.84 Å². The van der Waals surface area contributed by atoms with E-state index in [4.69, 9.17) is 5.84 Å². The first kappa shape index (κ1) is 20.8. The Hall–Kier alpha value is -2.96. The average molecular weight is 438 g/mol. The fourth-order valence-electron chi connectivity index (χ4n) is 2.27. The van der Waals surface area contributed by atoms with Gasteiger partial charge < -0.3 is 10.6 Å². The largest absolute Gasteiger partial charge is 0.435 e. The molecule has 0 aliphatic heterocycles. The van der Waals surface area contributed by atoms with Crippen LogP contribution in [0.2, 0.25) is 0 Å². The lowest BCUT2D eigenvalue weighted by Crippen LogP contribution is -2.12. The van der Waals surface area contributed by atoms with Crippen LogP contribution in [0.5, 0.6) is 5.75 Å². The molecule has 13 heteroatoms. The zero-order valence-electron chi connectivity index (χ0n) is 14.0. The molecular formula is C16H9F7N4OS. The van der Waals surface area contributed by atoms with Crippen LogP contribution in [0.3, 0.4) is 0 Å². The molecule has 2 aromatic carbocycles. The number of ether oxygens (including phenoxy) is 1. The minimum Gasteiger partial charge on any atom is -0.435 e. The van der Waals surface area contributed by atoms with Crippen LogP contribution in [-0.4, -0.2) is 21.5 Å². The summed E-state index contributed by atoms with van der Waals surface area (Å²) in [6.45, 7) is -3.00. The van der Waals surface area contributed by atoms with Gasteiger partial charge in [-0.1, -0.05) is 11.8 Å². The molecule has 2 N–H and O–H groups in total. The van der Waals surface area contributed by atoms with Gasteiger partial charge in [-0.25, -0.2) is 26.6 Å². The number of rotatable bonds is 6. The van der Waals surface area contributed by atoms with Crippen molar-refractivity contribution in [2.24, 2.45) is 0 Å². The monoisotopic (exact) mass is 438 g/mol. The molecule has 3 aromatic rings. The molecule has 0 bridgehead atoms. The summed E-state index contributed by atoms with van der Waals surface area (Å²) in [6.07, 6.45) is 0. The highest BCUT2D eigenvalue weighted by molar-refractivity contribution is 7.98. The highest BCUT2D eigenvalue weighted by atomic mass is 32.2. The Morgan fingerprint density at radius 1 is 0.897 bits per heavy atom. The number of thioether (sulfide) groups is 1. The molecule has 0 aliphatic rings. The Bertz CT molecular complexity index is 1010. The van der Waals surface area contributed by atoms with Gasteiger partial charge in [0.2, 0.25) is 11.0 Å². The first-order valence-electron chi connectivity index (χ1n) is 7.59. The summed E-state index contributed by atoms with van der Waals surface area (Å²) < 4.78 is 96.5. The zero-order chi connectivity index (χ0) is 21.3. The molecule has 0 fully saturated rings. The second kappa shape index (κ2) is 8.19. The zero-order valence-corrected chi connectivity index (χ0v) is 14.8. The van der Waals surface area contributed by atoms with Gasteiger partial charge in [0.05, 0.1) is 0 Å². The molecule has 0 spiro atoms. The number of hydrogen-bond donors (Lipinski definition) is 1. The van der Waals surface area contributed by atoms with Crippen LogP contribution in [0.4, 0.5) is 30.7 Å². The molecule has 154 valence electrons. The van der Waals surface area contributed by atoms with Crippen molar-refractivity contribution < 1.29 is 35.5 Å². The maximum Gasteiger partial charge on any atom is 0.387 e. The van der Waals surface area contributed by atoms with E-state index < -0.39 is 47.0 Å². The molecule has 0 atom stereocenters. The van der Waals surface area contributed by atoms with Crippen molar-refractivity contribution in [2.45, 2.75) is 17.5 Å².